The molecule has 1 aromatic rings. The van der Waals surface area contributed by atoms with Crippen molar-refractivity contribution in [3.05, 3.63) is 35.4 Å². The van der Waals surface area contributed by atoms with E-state index < -0.39 is 0 Å². The Labute approximate surface area is 89.6 Å². The van der Waals surface area contributed by atoms with E-state index in [4.69, 9.17) is 4.74 Å². The van der Waals surface area contributed by atoms with E-state index in [1.54, 1.807) is 7.11 Å². The summed E-state index contributed by atoms with van der Waals surface area (Å²) in [5.41, 5.74) is 1.87. The molecule has 1 aromatic carbocycles. The molecule has 0 bridgehead atoms. The summed E-state index contributed by atoms with van der Waals surface area (Å²) in [5, 5.41) is 0. The number of hydrogen-bond donors (Lipinski definition) is 0. The lowest BCUT2D eigenvalue weighted by Crippen LogP contribution is -1.90. The standard InChI is InChI=1S/C13H14O2/c1-15-13-5-3-2-4-11(13)8-12(9-14)10-6-7-10/h2-5,8-10H,6-7H2,1H3/b12-8+. The molecule has 0 unspecified atom stereocenters. The van der Waals surface area contributed by atoms with Crippen molar-refractivity contribution in [3.63, 3.8) is 0 Å². The first kappa shape index (κ1) is 9.97. The van der Waals surface area contributed by atoms with Gasteiger partial charge in [-0.05, 0) is 36.5 Å². The number of methoxy groups -OCH3 is 1. The molecule has 0 aromatic heterocycles. The van der Waals surface area contributed by atoms with Gasteiger partial charge in [-0.25, -0.2) is 0 Å². The summed E-state index contributed by atoms with van der Waals surface area (Å²) >= 11 is 0. The number of carbonyl (C=O) groups is 1. The summed E-state index contributed by atoms with van der Waals surface area (Å²) in [6.07, 6.45) is 5.17. The molecule has 0 saturated heterocycles. The largest absolute Gasteiger partial charge is 0.496 e. The lowest BCUT2D eigenvalue weighted by atomic mass is 10.1. The molecular formula is C13H14O2. The van der Waals surface area contributed by atoms with E-state index in [9.17, 15) is 4.79 Å². The van der Waals surface area contributed by atoms with Crippen molar-refractivity contribution < 1.29 is 9.53 Å². The van der Waals surface area contributed by atoms with Crippen LogP contribution in [0, 0.1) is 5.92 Å². The van der Waals surface area contributed by atoms with E-state index in [1.165, 1.54) is 0 Å². The van der Waals surface area contributed by atoms with E-state index in [0.29, 0.717) is 5.92 Å². The molecule has 2 heteroatoms. The Kier molecular flexibility index (Phi) is 2.86. The van der Waals surface area contributed by atoms with Gasteiger partial charge in [-0.3, -0.25) is 4.79 Å². The van der Waals surface area contributed by atoms with Crippen molar-refractivity contribution in [2.24, 2.45) is 5.92 Å². The SMILES string of the molecule is COc1ccccc1/C=C(\C=O)C1CC1. The molecule has 15 heavy (non-hydrogen) atoms. The molecule has 2 rings (SSSR count). The molecule has 2 nitrogen and oxygen atoms in total. The Balaban J connectivity index is 2.31. The van der Waals surface area contributed by atoms with Gasteiger partial charge in [-0.1, -0.05) is 18.2 Å². The van der Waals surface area contributed by atoms with Crippen LogP contribution in [0.4, 0.5) is 0 Å². The topological polar surface area (TPSA) is 26.3 Å². The van der Waals surface area contributed by atoms with Gasteiger partial charge in [0, 0.05) is 5.56 Å². The monoisotopic (exact) mass is 202 g/mol. The zero-order valence-electron chi connectivity index (χ0n) is 8.77. The zero-order valence-corrected chi connectivity index (χ0v) is 8.77. The molecule has 0 spiro atoms. The van der Waals surface area contributed by atoms with Gasteiger partial charge in [0.15, 0.2) is 0 Å². The van der Waals surface area contributed by atoms with Crippen molar-refractivity contribution in [3.8, 4) is 5.75 Å². The molecule has 1 fully saturated rings. The highest BCUT2D eigenvalue weighted by Gasteiger charge is 2.25. The van der Waals surface area contributed by atoms with E-state index in [0.717, 1.165) is 36.0 Å². The van der Waals surface area contributed by atoms with Crippen LogP contribution in [-0.4, -0.2) is 13.4 Å². The number of benzene rings is 1. The van der Waals surface area contributed by atoms with Crippen LogP contribution in [0.5, 0.6) is 5.75 Å². The fourth-order valence-electron chi connectivity index (χ4n) is 1.63. The summed E-state index contributed by atoms with van der Waals surface area (Å²) in [6.45, 7) is 0. The molecule has 0 aliphatic heterocycles. The van der Waals surface area contributed by atoms with Gasteiger partial charge < -0.3 is 4.74 Å². The van der Waals surface area contributed by atoms with Crippen LogP contribution >= 0.6 is 0 Å². The molecule has 0 amide bonds. The van der Waals surface area contributed by atoms with Crippen LogP contribution in [-0.2, 0) is 4.79 Å². The molecule has 1 aliphatic carbocycles. The molecule has 0 heterocycles. The molecule has 78 valence electrons. The molecule has 0 N–H and O–H groups in total. The van der Waals surface area contributed by atoms with Crippen molar-refractivity contribution in [2.45, 2.75) is 12.8 Å². The Hall–Kier alpha value is -1.57. The zero-order chi connectivity index (χ0) is 10.7. The Bertz CT molecular complexity index is 389. The minimum Gasteiger partial charge on any atom is -0.496 e. The number of rotatable bonds is 4. The number of carbonyl (C=O) groups excluding carboxylic acids is 1. The van der Waals surface area contributed by atoms with Crippen LogP contribution in [0.1, 0.15) is 18.4 Å². The predicted octanol–water partition coefficient (Wildman–Crippen LogP) is 2.69. The fraction of sp³-hybridized carbons (Fsp3) is 0.308. The second-order valence-corrected chi connectivity index (χ2v) is 3.78. The van der Waals surface area contributed by atoms with E-state index in [1.807, 2.05) is 30.3 Å². The minimum absolute atomic E-state index is 0.479. The van der Waals surface area contributed by atoms with Gasteiger partial charge in [-0.15, -0.1) is 0 Å². The summed E-state index contributed by atoms with van der Waals surface area (Å²) in [5.74, 6) is 1.30. The lowest BCUT2D eigenvalue weighted by Gasteiger charge is -2.04. The molecule has 1 saturated carbocycles. The van der Waals surface area contributed by atoms with Gasteiger partial charge in [0.25, 0.3) is 0 Å². The maximum absolute atomic E-state index is 10.9. The summed E-state index contributed by atoms with van der Waals surface area (Å²) in [4.78, 5) is 10.9. The van der Waals surface area contributed by atoms with E-state index in [2.05, 4.69) is 0 Å². The van der Waals surface area contributed by atoms with Gasteiger partial charge in [0.2, 0.25) is 0 Å². The van der Waals surface area contributed by atoms with E-state index in [-0.39, 0.29) is 0 Å². The third-order valence-electron chi connectivity index (χ3n) is 2.65. The first-order chi connectivity index (χ1) is 7.35. The molecular weight excluding hydrogens is 188 g/mol. The predicted molar refractivity (Wildman–Crippen MR) is 59.8 cm³/mol. The number of allylic oxidation sites excluding steroid dienone is 1. The quantitative estimate of drug-likeness (QED) is 0.554. The summed E-state index contributed by atoms with van der Waals surface area (Å²) in [7, 11) is 1.64. The summed E-state index contributed by atoms with van der Waals surface area (Å²) < 4.78 is 5.23. The maximum atomic E-state index is 10.9. The van der Waals surface area contributed by atoms with Crippen LogP contribution in [0.15, 0.2) is 29.8 Å². The van der Waals surface area contributed by atoms with Gasteiger partial charge in [0.1, 0.15) is 12.0 Å². The first-order valence-electron chi connectivity index (χ1n) is 5.15. The third-order valence-corrected chi connectivity index (χ3v) is 2.65. The van der Waals surface area contributed by atoms with Crippen molar-refractivity contribution in [2.75, 3.05) is 7.11 Å². The highest BCUT2D eigenvalue weighted by atomic mass is 16.5. The average molecular weight is 202 g/mol. The Morgan fingerprint density at radius 3 is 2.73 bits per heavy atom. The van der Waals surface area contributed by atoms with Crippen LogP contribution in [0.3, 0.4) is 0 Å². The van der Waals surface area contributed by atoms with E-state index >= 15 is 0 Å². The second-order valence-electron chi connectivity index (χ2n) is 3.78. The minimum atomic E-state index is 0.479. The summed E-state index contributed by atoms with van der Waals surface area (Å²) in [6, 6.07) is 7.74. The van der Waals surface area contributed by atoms with Crippen LogP contribution < -0.4 is 4.74 Å². The number of hydrogen-bond acceptors (Lipinski definition) is 2. The second kappa shape index (κ2) is 4.30. The van der Waals surface area contributed by atoms with Crippen LogP contribution in [0.2, 0.25) is 0 Å². The number of ether oxygens (including phenoxy) is 1. The Morgan fingerprint density at radius 2 is 2.13 bits per heavy atom. The fourth-order valence-corrected chi connectivity index (χ4v) is 1.63. The number of para-hydroxylation sites is 1. The lowest BCUT2D eigenvalue weighted by molar-refractivity contribution is -0.105. The van der Waals surface area contributed by atoms with Crippen molar-refractivity contribution >= 4 is 12.4 Å². The first-order valence-corrected chi connectivity index (χ1v) is 5.15. The van der Waals surface area contributed by atoms with Crippen molar-refractivity contribution in [1.29, 1.82) is 0 Å². The van der Waals surface area contributed by atoms with Gasteiger partial charge in [0.05, 0.1) is 7.11 Å². The highest BCUT2D eigenvalue weighted by Crippen LogP contribution is 2.37. The van der Waals surface area contributed by atoms with Crippen molar-refractivity contribution in [1.82, 2.24) is 0 Å². The molecule has 0 atom stereocenters. The number of aldehydes is 1. The highest BCUT2D eigenvalue weighted by molar-refractivity contribution is 5.84. The molecule has 1 aliphatic rings. The van der Waals surface area contributed by atoms with Crippen LogP contribution in [0.25, 0.3) is 6.08 Å². The molecule has 0 radical (unpaired) electrons. The van der Waals surface area contributed by atoms with Gasteiger partial charge in [-0.2, -0.15) is 0 Å². The maximum Gasteiger partial charge on any atom is 0.146 e. The third kappa shape index (κ3) is 2.27. The average Bonchev–Trinajstić information content (AvgIpc) is 3.10. The van der Waals surface area contributed by atoms with Gasteiger partial charge >= 0.3 is 0 Å². The smallest absolute Gasteiger partial charge is 0.146 e. The Morgan fingerprint density at radius 1 is 1.40 bits per heavy atom. The normalized spacial score (nSPS) is 16.2.